The van der Waals surface area contributed by atoms with Gasteiger partial charge < -0.3 is 4.74 Å². The number of nitrogens with zero attached hydrogens (tertiary/aromatic N) is 1. The summed E-state index contributed by atoms with van der Waals surface area (Å²) in [5.74, 6) is 3.50. The molecule has 2 rings (SSSR count). The van der Waals surface area contributed by atoms with Crippen LogP contribution in [-0.4, -0.2) is 11.1 Å². The van der Waals surface area contributed by atoms with Crippen molar-refractivity contribution >= 4 is 0 Å². The molecule has 1 aromatic heterocycles. The molecule has 0 spiro atoms. The highest BCUT2D eigenvalue weighted by atomic mass is 16.5. The number of pyridine rings is 1. The minimum atomic E-state index is -0.101. The lowest BCUT2D eigenvalue weighted by Gasteiger charge is -2.11. The van der Waals surface area contributed by atoms with E-state index < -0.39 is 0 Å². The van der Waals surface area contributed by atoms with Crippen molar-refractivity contribution in [2.45, 2.75) is 38.2 Å². The van der Waals surface area contributed by atoms with Gasteiger partial charge in [0.25, 0.3) is 0 Å². The Labute approximate surface area is 90.7 Å². The predicted molar refractivity (Wildman–Crippen MR) is 59.7 cm³/mol. The molecule has 0 amide bonds. The van der Waals surface area contributed by atoms with Crippen molar-refractivity contribution in [2.24, 2.45) is 0 Å². The summed E-state index contributed by atoms with van der Waals surface area (Å²) in [6, 6.07) is 5.81. The normalized spacial score (nSPS) is 17.2. The van der Waals surface area contributed by atoms with Crippen LogP contribution in [0.15, 0.2) is 18.2 Å². The lowest BCUT2D eigenvalue weighted by atomic mass is 10.0. The average molecular weight is 201 g/mol. The van der Waals surface area contributed by atoms with Crippen molar-refractivity contribution in [3.63, 3.8) is 0 Å². The van der Waals surface area contributed by atoms with Gasteiger partial charge in [-0.15, -0.1) is 6.42 Å². The van der Waals surface area contributed by atoms with Crippen LogP contribution >= 0.6 is 0 Å². The largest absolute Gasteiger partial charge is 0.475 e. The quantitative estimate of drug-likeness (QED) is 0.701. The van der Waals surface area contributed by atoms with Gasteiger partial charge in [-0.2, -0.15) is 0 Å². The number of ether oxygens (including phenoxy) is 1. The summed E-state index contributed by atoms with van der Waals surface area (Å²) >= 11 is 0. The molecule has 1 saturated carbocycles. The second kappa shape index (κ2) is 3.58. The first-order chi connectivity index (χ1) is 7.16. The van der Waals surface area contributed by atoms with Gasteiger partial charge in [-0.1, -0.05) is 12.0 Å². The number of aromatic nitrogens is 1. The summed E-state index contributed by atoms with van der Waals surface area (Å²) < 4.78 is 5.54. The first kappa shape index (κ1) is 10.0. The van der Waals surface area contributed by atoms with Crippen molar-refractivity contribution in [1.82, 2.24) is 4.98 Å². The van der Waals surface area contributed by atoms with Gasteiger partial charge in [0.05, 0.1) is 17.2 Å². The molecule has 0 bridgehead atoms. The molecule has 0 aliphatic heterocycles. The summed E-state index contributed by atoms with van der Waals surface area (Å²) in [6.07, 6.45) is 7.75. The molecule has 1 heterocycles. The molecule has 2 heteroatoms. The Morgan fingerprint density at radius 3 is 2.73 bits per heavy atom. The van der Waals surface area contributed by atoms with Crippen molar-refractivity contribution in [3.05, 3.63) is 23.9 Å². The Morgan fingerprint density at radius 1 is 1.47 bits per heavy atom. The zero-order valence-corrected chi connectivity index (χ0v) is 9.16. The number of hydrogen-bond acceptors (Lipinski definition) is 2. The van der Waals surface area contributed by atoms with E-state index in [1.54, 1.807) is 0 Å². The molecular formula is C13H15NO. The SMILES string of the molecule is C#CC1(c2cccc(OC(C)C)n2)CC1. The zero-order valence-electron chi connectivity index (χ0n) is 9.16. The second-order valence-corrected chi connectivity index (χ2v) is 4.25. The molecule has 78 valence electrons. The number of rotatable bonds is 3. The molecular weight excluding hydrogens is 186 g/mol. The van der Waals surface area contributed by atoms with Crippen molar-refractivity contribution in [1.29, 1.82) is 0 Å². The van der Waals surface area contributed by atoms with Gasteiger partial charge >= 0.3 is 0 Å². The fourth-order valence-electron chi connectivity index (χ4n) is 1.59. The van der Waals surface area contributed by atoms with Gasteiger partial charge in [-0.05, 0) is 32.8 Å². The Hall–Kier alpha value is -1.49. The van der Waals surface area contributed by atoms with Gasteiger partial charge in [0.2, 0.25) is 5.88 Å². The highest BCUT2D eigenvalue weighted by Crippen LogP contribution is 2.46. The summed E-state index contributed by atoms with van der Waals surface area (Å²) in [4.78, 5) is 4.45. The van der Waals surface area contributed by atoms with Crippen LogP contribution in [0, 0.1) is 12.3 Å². The summed E-state index contributed by atoms with van der Waals surface area (Å²) in [5.41, 5.74) is 0.874. The third-order valence-corrected chi connectivity index (χ3v) is 2.60. The van der Waals surface area contributed by atoms with E-state index in [0.717, 1.165) is 18.5 Å². The van der Waals surface area contributed by atoms with Crippen molar-refractivity contribution in [3.8, 4) is 18.2 Å². The first-order valence-corrected chi connectivity index (χ1v) is 5.28. The molecule has 0 aromatic carbocycles. The molecule has 1 aromatic rings. The minimum Gasteiger partial charge on any atom is -0.475 e. The third kappa shape index (κ3) is 1.97. The van der Waals surface area contributed by atoms with Crippen LogP contribution in [0.4, 0.5) is 0 Å². The maximum Gasteiger partial charge on any atom is 0.213 e. The van der Waals surface area contributed by atoms with Crippen LogP contribution in [0.5, 0.6) is 5.88 Å². The molecule has 2 nitrogen and oxygen atoms in total. The van der Waals surface area contributed by atoms with Gasteiger partial charge in [-0.3, -0.25) is 0 Å². The van der Waals surface area contributed by atoms with Gasteiger partial charge in [0.1, 0.15) is 0 Å². The van der Waals surface area contributed by atoms with Crippen LogP contribution < -0.4 is 4.74 Å². The number of hydrogen-bond donors (Lipinski definition) is 0. The van der Waals surface area contributed by atoms with Gasteiger partial charge in [-0.25, -0.2) is 4.98 Å². The van der Waals surface area contributed by atoms with E-state index in [4.69, 9.17) is 11.2 Å². The van der Waals surface area contributed by atoms with E-state index in [-0.39, 0.29) is 11.5 Å². The standard InChI is InChI=1S/C13H15NO/c1-4-13(8-9-13)11-6-5-7-12(14-11)15-10(2)3/h1,5-7,10H,8-9H2,2-3H3. The van der Waals surface area contributed by atoms with E-state index in [1.807, 2.05) is 32.0 Å². The first-order valence-electron chi connectivity index (χ1n) is 5.28. The van der Waals surface area contributed by atoms with Crippen LogP contribution in [0.1, 0.15) is 32.4 Å². The molecule has 0 atom stereocenters. The molecule has 15 heavy (non-hydrogen) atoms. The summed E-state index contributed by atoms with van der Waals surface area (Å²) in [5, 5.41) is 0. The van der Waals surface area contributed by atoms with E-state index in [9.17, 15) is 0 Å². The highest BCUT2D eigenvalue weighted by Gasteiger charge is 2.44. The lowest BCUT2D eigenvalue weighted by Crippen LogP contribution is -2.10. The van der Waals surface area contributed by atoms with Gasteiger partial charge in [0.15, 0.2) is 0 Å². The smallest absolute Gasteiger partial charge is 0.213 e. The molecule has 1 aliphatic rings. The van der Waals surface area contributed by atoms with Crippen molar-refractivity contribution < 1.29 is 4.74 Å². The third-order valence-electron chi connectivity index (χ3n) is 2.60. The molecule has 0 radical (unpaired) electrons. The van der Waals surface area contributed by atoms with Crippen LogP contribution in [0.3, 0.4) is 0 Å². The lowest BCUT2D eigenvalue weighted by molar-refractivity contribution is 0.232. The Kier molecular flexibility index (Phi) is 2.40. The van der Waals surface area contributed by atoms with E-state index in [2.05, 4.69) is 10.9 Å². The van der Waals surface area contributed by atoms with Crippen LogP contribution in [0.2, 0.25) is 0 Å². The molecule has 1 aliphatic carbocycles. The second-order valence-electron chi connectivity index (χ2n) is 4.25. The minimum absolute atomic E-state index is 0.101. The fourth-order valence-corrected chi connectivity index (χ4v) is 1.59. The van der Waals surface area contributed by atoms with Crippen molar-refractivity contribution in [2.75, 3.05) is 0 Å². The topological polar surface area (TPSA) is 22.1 Å². The molecule has 1 fully saturated rings. The zero-order chi connectivity index (χ0) is 10.9. The van der Waals surface area contributed by atoms with E-state index >= 15 is 0 Å². The summed E-state index contributed by atoms with van der Waals surface area (Å²) in [7, 11) is 0. The van der Waals surface area contributed by atoms with E-state index in [1.165, 1.54) is 0 Å². The maximum atomic E-state index is 5.54. The fraction of sp³-hybridized carbons (Fsp3) is 0.462. The van der Waals surface area contributed by atoms with Crippen LogP contribution in [-0.2, 0) is 5.41 Å². The predicted octanol–water partition coefficient (Wildman–Crippen LogP) is 2.53. The number of terminal acetylenes is 1. The Bertz CT molecular complexity index is 399. The molecule has 0 N–H and O–H groups in total. The molecule has 0 saturated heterocycles. The average Bonchev–Trinajstić information content (AvgIpc) is 2.97. The summed E-state index contributed by atoms with van der Waals surface area (Å²) in [6.45, 7) is 3.98. The Balaban J connectivity index is 2.24. The monoisotopic (exact) mass is 201 g/mol. The van der Waals surface area contributed by atoms with E-state index in [0.29, 0.717) is 5.88 Å². The Morgan fingerprint density at radius 2 is 2.20 bits per heavy atom. The van der Waals surface area contributed by atoms with Crippen LogP contribution in [0.25, 0.3) is 0 Å². The highest BCUT2D eigenvalue weighted by molar-refractivity contribution is 5.37. The maximum absolute atomic E-state index is 5.54. The van der Waals surface area contributed by atoms with Gasteiger partial charge in [0, 0.05) is 6.07 Å². The molecule has 0 unspecified atom stereocenters.